The summed E-state index contributed by atoms with van der Waals surface area (Å²) in [5.41, 5.74) is 12.7. The van der Waals surface area contributed by atoms with Crippen molar-refractivity contribution in [1.29, 1.82) is 0 Å². The van der Waals surface area contributed by atoms with E-state index >= 15 is 26.3 Å². The summed E-state index contributed by atoms with van der Waals surface area (Å²) in [6.45, 7) is 7.75. The minimum absolute atomic E-state index is 0.340. The van der Waals surface area contributed by atoms with E-state index in [1.807, 2.05) is 267 Å². The lowest BCUT2D eigenvalue weighted by atomic mass is 9.67. The number of para-hydroxylation sites is 2. The molecule has 546 valence electrons. The lowest BCUT2D eigenvalue weighted by molar-refractivity contribution is 0.481. The number of hydrogen-bond donors (Lipinski definition) is 0. The van der Waals surface area contributed by atoms with Gasteiger partial charge in [0.05, 0.1) is 33.0 Å². The van der Waals surface area contributed by atoms with Gasteiger partial charge < -0.3 is 28.1 Å². The molecule has 0 radical (unpaired) electrons. The number of anilines is 6. The van der Waals surface area contributed by atoms with Crippen LogP contribution in [0, 0.1) is 34.9 Å². The molecule has 20 rings (SSSR count). The fraction of sp³-hybridized carbons (Fsp3) is 0.0196. The number of rotatable bonds is 17. The molecule has 0 N–H and O–H groups in total. The molecular weight excluding hydrogens is 1430 g/mol. The fourth-order valence-electron chi connectivity index (χ4n) is 17.6. The Bertz CT molecular complexity index is 6450. The van der Waals surface area contributed by atoms with Gasteiger partial charge in [-0.2, -0.15) is 0 Å². The maximum absolute atomic E-state index is 17.4. The molecule has 2 aliphatic carbocycles. The van der Waals surface area contributed by atoms with E-state index in [4.69, 9.17) is 18.3 Å². The average Bonchev–Trinajstić information content (AvgIpc) is 1.55. The summed E-state index contributed by atoms with van der Waals surface area (Å²) in [6, 6.07) is 103. The lowest BCUT2D eigenvalue weighted by Gasteiger charge is -2.35. The molecular formula is C102H62F6N2O4. The van der Waals surface area contributed by atoms with Crippen molar-refractivity contribution in [2.24, 2.45) is 0 Å². The first kappa shape index (κ1) is 68.6. The highest BCUT2D eigenvalue weighted by Gasteiger charge is 2.52. The largest absolute Gasteiger partial charge is 0.457 e. The second-order valence-corrected chi connectivity index (χ2v) is 28.6. The number of halogens is 6. The Morgan fingerprint density at radius 2 is 0.614 bits per heavy atom. The summed E-state index contributed by atoms with van der Waals surface area (Å²) in [5.74, 6) is -4.19. The molecule has 2 aromatic heterocycles. The van der Waals surface area contributed by atoms with Crippen LogP contribution in [0.3, 0.4) is 0 Å². The molecule has 16 aromatic carbocycles. The van der Waals surface area contributed by atoms with Crippen LogP contribution in [0.25, 0.3) is 89.4 Å². The van der Waals surface area contributed by atoms with Crippen molar-refractivity contribution >= 4 is 90.2 Å². The summed E-state index contributed by atoms with van der Waals surface area (Å²) in [5, 5.41) is 3.40. The van der Waals surface area contributed by atoms with Crippen LogP contribution < -0.4 is 19.3 Å². The minimum Gasteiger partial charge on any atom is -0.457 e. The second kappa shape index (κ2) is 27.1. The third-order valence-corrected chi connectivity index (χ3v) is 22.4. The summed E-state index contributed by atoms with van der Waals surface area (Å²) < 4.78 is 126. The molecule has 2 heterocycles. The van der Waals surface area contributed by atoms with Gasteiger partial charge in [0.2, 0.25) is 0 Å². The number of ether oxygens (including phenoxy) is 2. The zero-order chi connectivity index (χ0) is 77.1. The maximum atomic E-state index is 17.4. The Morgan fingerprint density at radius 3 is 0.991 bits per heavy atom. The van der Waals surface area contributed by atoms with E-state index in [2.05, 4.69) is 47.2 Å². The molecule has 0 aliphatic heterocycles. The smallest absolute Gasteiger partial charge is 0.137 e. The van der Waals surface area contributed by atoms with Crippen LogP contribution in [0.1, 0.15) is 55.6 Å². The van der Waals surface area contributed by atoms with Gasteiger partial charge >= 0.3 is 0 Å². The van der Waals surface area contributed by atoms with Crippen molar-refractivity contribution in [3.05, 3.63) is 443 Å². The van der Waals surface area contributed by atoms with Gasteiger partial charge in [-0.15, -0.1) is 0 Å². The lowest BCUT2D eigenvalue weighted by Crippen LogP contribution is -2.31. The van der Waals surface area contributed by atoms with Crippen LogP contribution in [0.2, 0.25) is 0 Å². The molecule has 0 spiro atoms. The van der Waals surface area contributed by atoms with E-state index in [0.717, 1.165) is 113 Å². The molecule has 18 aromatic rings. The van der Waals surface area contributed by atoms with Crippen LogP contribution in [-0.2, 0) is 10.8 Å². The van der Waals surface area contributed by atoms with E-state index in [9.17, 15) is 0 Å². The van der Waals surface area contributed by atoms with E-state index in [1.165, 1.54) is 0 Å². The van der Waals surface area contributed by atoms with E-state index in [-0.39, 0.29) is 11.1 Å². The third kappa shape index (κ3) is 11.0. The van der Waals surface area contributed by atoms with Crippen molar-refractivity contribution in [3.63, 3.8) is 0 Å². The summed E-state index contributed by atoms with van der Waals surface area (Å²) in [7, 11) is 0. The second-order valence-electron chi connectivity index (χ2n) is 28.6. The Morgan fingerprint density at radius 1 is 0.289 bits per heavy atom. The molecule has 0 saturated carbocycles. The number of nitrogens with zero attached hydrogens (tertiary/aromatic N) is 2. The van der Waals surface area contributed by atoms with Gasteiger partial charge in [0.25, 0.3) is 0 Å². The molecule has 114 heavy (non-hydrogen) atoms. The first-order chi connectivity index (χ1) is 55.8. The van der Waals surface area contributed by atoms with Gasteiger partial charge in [0.15, 0.2) is 0 Å². The van der Waals surface area contributed by atoms with Crippen molar-refractivity contribution in [3.8, 4) is 56.4 Å². The normalized spacial score (nSPS) is 14.5. The standard InChI is InChI=1S/C102H62F6N2O4/c1-3-61-27-45-73(46-28-61)111-75-49-35-65(36-50-75)101(99-87(105)55-67(103)56-88(99)106)83-19-9-5-15-77(83)79-53-43-71(59-85(79)101)109(91-21-13-25-95-97(91)81-17-7-11-23-93(81)113-95)69-39-31-63(32-40-69)64-33-41-70(42-34-64)110(92-22-14-26-96-98(92)82-18-8-12-24-94(82)114-96)72-44-54-80-78-16-6-10-20-84(78)102(86(80)60-72,100-89(107)57-68(104)58-90(100)108)66-37-51-76(52-38-66)112-74-47-29-62(4-2)30-48-74/h3-60H,1-2H2. The highest BCUT2D eigenvalue weighted by molar-refractivity contribution is 6.15. The van der Waals surface area contributed by atoms with Crippen molar-refractivity contribution in [1.82, 2.24) is 0 Å². The van der Waals surface area contributed by atoms with E-state index in [1.54, 1.807) is 36.4 Å². The molecule has 2 unspecified atom stereocenters. The predicted octanol–water partition coefficient (Wildman–Crippen LogP) is 28.5. The quantitative estimate of drug-likeness (QED) is 0.0847. The number of fused-ring (bicyclic) bond motifs is 12. The highest BCUT2D eigenvalue weighted by Crippen LogP contribution is 2.62. The van der Waals surface area contributed by atoms with Gasteiger partial charge in [0, 0.05) is 68.9 Å². The van der Waals surface area contributed by atoms with Gasteiger partial charge in [-0.1, -0.05) is 207 Å². The topological polar surface area (TPSA) is 51.2 Å². The SMILES string of the molecule is C=Cc1ccc(Oc2ccc(C3(c4c(F)cc(F)cc4F)c4ccccc4-c4ccc(N(c5ccc(-c6ccc(N(c7ccc8c(c7)C(c7ccc(Oc9ccc(C=C)cc9)cc7)(c7c(F)cc(F)cc7F)c7ccccc7-8)c7cccc8oc9ccccc9c78)cc6)cc5)c5cccc6oc7ccccc7c56)cc43)cc2)cc1. The van der Waals surface area contributed by atoms with Crippen molar-refractivity contribution in [2.45, 2.75) is 10.8 Å². The molecule has 2 aliphatic rings. The summed E-state index contributed by atoms with van der Waals surface area (Å²) in [6.07, 6.45) is 3.49. The number of hydrogen-bond acceptors (Lipinski definition) is 6. The Balaban J connectivity index is 0.729. The zero-order valence-corrected chi connectivity index (χ0v) is 60.7. The first-order valence-electron chi connectivity index (χ1n) is 37.3. The maximum Gasteiger partial charge on any atom is 0.137 e. The fourth-order valence-corrected chi connectivity index (χ4v) is 17.6. The molecule has 0 bridgehead atoms. The first-order valence-corrected chi connectivity index (χ1v) is 37.3. The third-order valence-electron chi connectivity index (χ3n) is 22.4. The molecule has 0 amide bonds. The zero-order valence-electron chi connectivity index (χ0n) is 60.7. The molecule has 0 fully saturated rings. The molecule has 2 atom stereocenters. The number of furan rings is 2. The van der Waals surface area contributed by atoms with Crippen molar-refractivity contribution < 1.29 is 44.7 Å². The van der Waals surface area contributed by atoms with Crippen LogP contribution in [0.5, 0.6) is 23.0 Å². The Labute approximate surface area is 651 Å². The average molecular weight is 1490 g/mol. The molecule has 6 nitrogen and oxygen atoms in total. The van der Waals surface area contributed by atoms with Gasteiger partial charge in [-0.3, -0.25) is 0 Å². The van der Waals surface area contributed by atoms with Crippen LogP contribution in [-0.4, -0.2) is 0 Å². The summed E-state index contributed by atoms with van der Waals surface area (Å²) >= 11 is 0. The van der Waals surface area contributed by atoms with Crippen LogP contribution in [0.4, 0.5) is 60.5 Å². The Kier molecular flexibility index (Phi) is 16.3. The van der Waals surface area contributed by atoms with Gasteiger partial charge in [0.1, 0.15) is 80.2 Å². The Hall–Kier alpha value is -14.6. The van der Waals surface area contributed by atoms with Gasteiger partial charge in [-0.05, 0) is 211 Å². The van der Waals surface area contributed by atoms with E-state index < -0.39 is 45.7 Å². The summed E-state index contributed by atoms with van der Waals surface area (Å²) in [4.78, 5) is 4.26. The van der Waals surface area contributed by atoms with Crippen molar-refractivity contribution in [2.75, 3.05) is 9.80 Å². The van der Waals surface area contributed by atoms with Crippen LogP contribution in [0.15, 0.2) is 362 Å². The van der Waals surface area contributed by atoms with E-state index in [0.29, 0.717) is 90.1 Å². The number of benzene rings is 16. The highest BCUT2D eigenvalue weighted by atomic mass is 19.2. The monoisotopic (exact) mass is 1490 g/mol. The predicted molar refractivity (Wildman–Crippen MR) is 443 cm³/mol. The van der Waals surface area contributed by atoms with Crippen LogP contribution >= 0.6 is 0 Å². The molecule has 12 heteroatoms. The molecule has 0 saturated heterocycles. The van der Waals surface area contributed by atoms with Gasteiger partial charge in [-0.25, -0.2) is 26.3 Å². The minimum atomic E-state index is -1.69.